The van der Waals surface area contributed by atoms with Crippen LogP contribution in [0.4, 0.5) is 10.5 Å². The largest absolute Gasteiger partial charge is 0.456 e. The number of urea groups is 1. The molecule has 7 nitrogen and oxygen atoms in total. The molecule has 2 heterocycles. The number of ether oxygens (including phenoxy) is 1. The normalized spacial score (nSPS) is 17.9. The summed E-state index contributed by atoms with van der Waals surface area (Å²) < 4.78 is 5.25. The van der Waals surface area contributed by atoms with E-state index in [1.54, 1.807) is 16.7 Å². The number of cyclic esters (lactones) is 1. The Hall–Kier alpha value is -3.26. The zero-order valence-electron chi connectivity index (χ0n) is 17.3. The maximum atomic E-state index is 13.0. The first-order chi connectivity index (χ1) is 15.0. The highest BCUT2D eigenvalue weighted by atomic mass is 32.2. The van der Waals surface area contributed by atoms with E-state index in [0.717, 1.165) is 16.1 Å². The number of carbonyl (C=O) groups excluding carboxylic acids is 3. The maximum Gasteiger partial charge on any atom is 0.338 e. The van der Waals surface area contributed by atoms with Gasteiger partial charge in [0, 0.05) is 17.1 Å². The number of para-hydroxylation sites is 1. The SMILES string of the molecule is CCN(C(=O)CN1C(=O)N[C@H](c2ccc(SC)cc2)C2=C1COC2=O)c1ccccc1. The van der Waals surface area contributed by atoms with Gasteiger partial charge in [0.15, 0.2) is 0 Å². The molecule has 0 unspecified atom stereocenters. The second kappa shape index (κ2) is 8.85. The summed E-state index contributed by atoms with van der Waals surface area (Å²) in [6.45, 7) is 2.14. The van der Waals surface area contributed by atoms with E-state index in [2.05, 4.69) is 5.32 Å². The van der Waals surface area contributed by atoms with Gasteiger partial charge in [-0.2, -0.15) is 0 Å². The third-order valence-corrected chi connectivity index (χ3v) is 6.17. The lowest BCUT2D eigenvalue weighted by Gasteiger charge is -2.33. The van der Waals surface area contributed by atoms with Crippen LogP contribution >= 0.6 is 11.8 Å². The molecule has 0 saturated carbocycles. The van der Waals surface area contributed by atoms with Gasteiger partial charge in [0.05, 0.1) is 17.3 Å². The summed E-state index contributed by atoms with van der Waals surface area (Å²) in [7, 11) is 0. The summed E-state index contributed by atoms with van der Waals surface area (Å²) in [6, 6.07) is 15.9. The number of benzene rings is 2. The second-order valence-electron chi connectivity index (χ2n) is 7.15. The van der Waals surface area contributed by atoms with Gasteiger partial charge < -0.3 is 15.0 Å². The van der Waals surface area contributed by atoms with Gasteiger partial charge in [-0.25, -0.2) is 9.59 Å². The van der Waals surface area contributed by atoms with Crippen molar-refractivity contribution in [3.63, 3.8) is 0 Å². The lowest BCUT2D eigenvalue weighted by atomic mass is 9.96. The lowest BCUT2D eigenvalue weighted by Crippen LogP contribution is -2.51. The van der Waals surface area contributed by atoms with Crippen molar-refractivity contribution in [1.82, 2.24) is 10.2 Å². The van der Waals surface area contributed by atoms with E-state index < -0.39 is 18.0 Å². The summed E-state index contributed by atoms with van der Waals surface area (Å²) in [6.07, 6.45) is 1.98. The fourth-order valence-electron chi connectivity index (χ4n) is 3.86. The Morgan fingerprint density at radius 2 is 1.87 bits per heavy atom. The fraction of sp³-hybridized carbons (Fsp3) is 0.261. The average molecular weight is 438 g/mol. The summed E-state index contributed by atoms with van der Waals surface area (Å²) in [4.78, 5) is 42.5. The summed E-state index contributed by atoms with van der Waals surface area (Å²) >= 11 is 1.61. The zero-order valence-corrected chi connectivity index (χ0v) is 18.1. The van der Waals surface area contributed by atoms with Gasteiger partial charge in [0.2, 0.25) is 5.91 Å². The van der Waals surface area contributed by atoms with Gasteiger partial charge >= 0.3 is 12.0 Å². The van der Waals surface area contributed by atoms with Crippen molar-refractivity contribution in [3.8, 4) is 0 Å². The predicted octanol–water partition coefficient (Wildman–Crippen LogP) is 3.34. The topological polar surface area (TPSA) is 79.0 Å². The Kier molecular flexibility index (Phi) is 5.99. The number of hydrogen-bond donors (Lipinski definition) is 1. The van der Waals surface area contributed by atoms with Crippen molar-refractivity contribution >= 4 is 35.4 Å². The Balaban J connectivity index is 1.62. The van der Waals surface area contributed by atoms with Crippen molar-refractivity contribution in [1.29, 1.82) is 0 Å². The molecule has 3 amide bonds. The molecule has 0 bridgehead atoms. The molecule has 0 spiro atoms. The summed E-state index contributed by atoms with van der Waals surface area (Å²) in [5.74, 6) is -0.709. The van der Waals surface area contributed by atoms with Crippen molar-refractivity contribution in [2.24, 2.45) is 0 Å². The van der Waals surface area contributed by atoms with E-state index in [1.807, 2.05) is 67.8 Å². The number of esters is 1. The van der Waals surface area contributed by atoms with Crippen LogP contribution in [-0.2, 0) is 14.3 Å². The standard InChI is InChI=1S/C23H23N3O4S/c1-3-25(16-7-5-4-6-8-16)19(27)13-26-18-14-30-22(28)20(18)21(24-23(26)29)15-9-11-17(31-2)12-10-15/h4-12,21H,3,13-14H2,1-2H3,(H,24,29)/t21-/m1/s1. The molecule has 2 aliphatic heterocycles. The summed E-state index contributed by atoms with van der Waals surface area (Å²) in [5.41, 5.74) is 2.38. The van der Waals surface area contributed by atoms with Crippen molar-refractivity contribution < 1.29 is 19.1 Å². The van der Waals surface area contributed by atoms with Gasteiger partial charge in [-0.05, 0) is 43.0 Å². The fourth-order valence-corrected chi connectivity index (χ4v) is 4.26. The molecule has 0 fully saturated rings. The number of likely N-dealkylation sites (N-methyl/N-ethyl adjacent to an activating group) is 1. The van der Waals surface area contributed by atoms with Gasteiger partial charge in [0.1, 0.15) is 13.2 Å². The minimum absolute atomic E-state index is 0.0221. The highest BCUT2D eigenvalue weighted by Gasteiger charge is 2.43. The highest BCUT2D eigenvalue weighted by Crippen LogP contribution is 2.35. The Morgan fingerprint density at radius 3 is 2.52 bits per heavy atom. The van der Waals surface area contributed by atoms with Crippen LogP contribution in [0.2, 0.25) is 0 Å². The Bertz CT molecular complexity index is 1040. The number of nitrogens with zero attached hydrogens (tertiary/aromatic N) is 2. The van der Waals surface area contributed by atoms with Crippen molar-refractivity contribution in [3.05, 3.63) is 71.4 Å². The molecule has 31 heavy (non-hydrogen) atoms. The number of amides is 3. The molecule has 8 heteroatoms. The van der Waals surface area contributed by atoms with Crippen LogP contribution in [0.1, 0.15) is 18.5 Å². The monoisotopic (exact) mass is 437 g/mol. The van der Waals surface area contributed by atoms with Crippen LogP contribution in [0.25, 0.3) is 0 Å². The number of carbonyl (C=O) groups is 3. The van der Waals surface area contributed by atoms with E-state index in [-0.39, 0.29) is 19.1 Å². The molecule has 2 aliphatic rings. The first-order valence-electron chi connectivity index (χ1n) is 10.0. The van der Waals surface area contributed by atoms with E-state index in [9.17, 15) is 14.4 Å². The summed E-state index contributed by atoms with van der Waals surface area (Å²) in [5, 5.41) is 2.87. The quantitative estimate of drug-likeness (QED) is 0.554. The molecule has 4 rings (SSSR count). The van der Waals surface area contributed by atoms with Crippen LogP contribution in [-0.4, -0.2) is 48.8 Å². The van der Waals surface area contributed by atoms with Crippen LogP contribution in [0.15, 0.2) is 70.8 Å². The number of nitrogens with one attached hydrogen (secondary N) is 1. The first kappa shape index (κ1) is 21.0. The zero-order chi connectivity index (χ0) is 22.0. The Morgan fingerprint density at radius 1 is 1.16 bits per heavy atom. The number of anilines is 1. The van der Waals surface area contributed by atoms with Gasteiger partial charge in [0.25, 0.3) is 0 Å². The van der Waals surface area contributed by atoms with Crippen LogP contribution in [0.3, 0.4) is 0 Å². The molecule has 1 N–H and O–H groups in total. The molecule has 0 radical (unpaired) electrons. The van der Waals surface area contributed by atoms with Crippen molar-refractivity contribution in [2.45, 2.75) is 17.9 Å². The third kappa shape index (κ3) is 4.03. The average Bonchev–Trinajstić information content (AvgIpc) is 3.18. The molecular formula is C23H23N3O4S. The van der Waals surface area contributed by atoms with E-state index in [0.29, 0.717) is 17.8 Å². The minimum Gasteiger partial charge on any atom is -0.456 e. The highest BCUT2D eigenvalue weighted by molar-refractivity contribution is 7.98. The van der Waals surface area contributed by atoms with Crippen LogP contribution in [0.5, 0.6) is 0 Å². The second-order valence-corrected chi connectivity index (χ2v) is 8.03. The molecule has 0 aliphatic carbocycles. The van der Waals surface area contributed by atoms with Crippen LogP contribution < -0.4 is 10.2 Å². The van der Waals surface area contributed by atoms with Gasteiger partial charge in [-0.15, -0.1) is 11.8 Å². The van der Waals surface area contributed by atoms with Gasteiger partial charge in [-0.3, -0.25) is 9.69 Å². The van der Waals surface area contributed by atoms with Crippen LogP contribution in [0, 0.1) is 0 Å². The first-order valence-corrected chi connectivity index (χ1v) is 11.2. The van der Waals surface area contributed by atoms with E-state index in [4.69, 9.17) is 4.74 Å². The molecule has 0 saturated heterocycles. The van der Waals surface area contributed by atoms with Crippen molar-refractivity contribution in [2.75, 3.05) is 30.9 Å². The predicted molar refractivity (Wildman–Crippen MR) is 119 cm³/mol. The number of thioether (sulfide) groups is 1. The number of rotatable bonds is 6. The minimum atomic E-state index is -0.601. The molecule has 0 aromatic heterocycles. The molecule has 2 aromatic carbocycles. The van der Waals surface area contributed by atoms with Gasteiger partial charge in [-0.1, -0.05) is 30.3 Å². The third-order valence-electron chi connectivity index (χ3n) is 5.43. The van der Waals surface area contributed by atoms with E-state index in [1.165, 1.54) is 4.90 Å². The number of hydrogen-bond acceptors (Lipinski definition) is 5. The molecule has 1 atom stereocenters. The molecule has 2 aromatic rings. The lowest BCUT2D eigenvalue weighted by molar-refractivity contribution is -0.136. The molecular weight excluding hydrogens is 414 g/mol. The maximum absolute atomic E-state index is 13.0. The molecule has 160 valence electrons. The van der Waals surface area contributed by atoms with E-state index >= 15 is 0 Å². The Labute approximate surface area is 185 Å². The smallest absolute Gasteiger partial charge is 0.338 e.